The summed E-state index contributed by atoms with van der Waals surface area (Å²) in [5.74, 6) is 0.804. The van der Waals surface area contributed by atoms with Crippen LogP contribution in [-0.4, -0.2) is 17.4 Å². The summed E-state index contributed by atoms with van der Waals surface area (Å²) in [7, 11) is 0. The number of halogens is 3. The number of alkyl halides is 3. The lowest BCUT2D eigenvalue weighted by atomic mass is 9.79. The fourth-order valence-corrected chi connectivity index (χ4v) is 1.90. The van der Waals surface area contributed by atoms with Gasteiger partial charge >= 0.3 is 6.18 Å². The molecule has 1 aliphatic rings. The maximum atomic E-state index is 12.2. The van der Waals surface area contributed by atoms with Crippen LogP contribution in [0.5, 0.6) is 0 Å². The van der Waals surface area contributed by atoms with Crippen LogP contribution in [0.4, 0.5) is 13.2 Å². The molecule has 1 saturated carbocycles. The van der Waals surface area contributed by atoms with Crippen molar-refractivity contribution in [1.82, 2.24) is 0 Å². The van der Waals surface area contributed by atoms with Crippen molar-refractivity contribution in [2.24, 2.45) is 11.8 Å². The molecule has 1 unspecified atom stereocenters. The number of aliphatic hydroxyl groups excluding tert-OH is 1. The maximum absolute atomic E-state index is 12.2. The molecule has 0 amide bonds. The first-order valence-electron chi connectivity index (χ1n) is 4.66. The second-order valence-electron chi connectivity index (χ2n) is 3.76. The van der Waals surface area contributed by atoms with Crippen LogP contribution in [0.3, 0.4) is 0 Å². The van der Waals surface area contributed by atoms with Gasteiger partial charge in [0.25, 0.3) is 0 Å². The normalized spacial score (nSPS) is 30.8. The number of hydrogen-bond donors (Lipinski definition) is 1. The minimum atomic E-state index is -4.09. The summed E-state index contributed by atoms with van der Waals surface area (Å²) < 4.78 is 36.7. The van der Waals surface area contributed by atoms with Crippen LogP contribution in [0.1, 0.15) is 25.7 Å². The molecule has 0 aromatic heterocycles. The van der Waals surface area contributed by atoms with Gasteiger partial charge in [0, 0.05) is 0 Å². The van der Waals surface area contributed by atoms with E-state index < -0.39 is 18.2 Å². The van der Waals surface area contributed by atoms with Gasteiger partial charge in [-0.1, -0.05) is 5.92 Å². The van der Waals surface area contributed by atoms with Crippen molar-refractivity contribution in [2.45, 2.75) is 38.0 Å². The van der Waals surface area contributed by atoms with Crippen LogP contribution in [0.15, 0.2) is 0 Å². The third-order valence-electron chi connectivity index (χ3n) is 2.85. The highest BCUT2D eigenvalue weighted by atomic mass is 19.4. The average Bonchev–Trinajstić information content (AvgIpc) is 2.15. The van der Waals surface area contributed by atoms with E-state index in [-0.39, 0.29) is 18.8 Å². The number of aliphatic hydroxyl groups is 1. The summed E-state index contributed by atoms with van der Waals surface area (Å²) >= 11 is 0. The standard InChI is InChI=1S/C10H13F3O/c1-2-9(14)7-3-5-8(6-4-7)10(11,12)13/h1,7-9,14H,3-6H2. The van der Waals surface area contributed by atoms with E-state index in [0.29, 0.717) is 12.8 Å². The highest BCUT2D eigenvalue weighted by molar-refractivity contribution is 4.98. The molecule has 0 radical (unpaired) electrons. The molecular formula is C10H13F3O. The smallest absolute Gasteiger partial charge is 0.380 e. The Morgan fingerprint density at radius 1 is 1.21 bits per heavy atom. The number of rotatable bonds is 1. The third kappa shape index (κ3) is 2.65. The highest BCUT2D eigenvalue weighted by Crippen LogP contribution is 2.40. The summed E-state index contributed by atoms with van der Waals surface area (Å²) in [5, 5.41) is 9.25. The van der Waals surface area contributed by atoms with E-state index in [2.05, 4.69) is 5.92 Å². The van der Waals surface area contributed by atoms with Crippen molar-refractivity contribution >= 4 is 0 Å². The van der Waals surface area contributed by atoms with Gasteiger partial charge in [0.15, 0.2) is 0 Å². The van der Waals surface area contributed by atoms with Gasteiger partial charge in [-0.2, -0.15) is 13.2 Å². The van der Waals surface area contributed by atoms with E-state index in [9.17, 15) is 18.3 Å². The Balaban J connectivity index is 2.43. The van der Waals surface area contributed by atoms with Gasteiger partial charge in [0.2, 0.25) is 0 Å². The lowest BCUT2D eigenvalue weighted by Crippen LogP contribution is -2.31. The van der Waals surface area contributed by atoms with E-state index >= 15 is 0 Å². The molecule has 0 aliphatic heterocycles. The van der Waals surface area contributed by atoms with Gasteiger partial charge < -0.3 is 5.11 Å². The maximum Gasteiger partial charge on any atom is 0.391 e. The van der Waals surface area contributed by atoms with Gasteiger partial charge in [-0.05, 0) is 31.6 Å². The molecule has 1 rings (SSSR count). The molecule has 1 fully saturated rings. The van der Waals surface area contributed by atoms with E-state index in [1.807, 2.05) is 0 Å². The fraction of sp³-hybridized carbons (Fsp3) is 0.800. The first-order valence-corrected chi connectivity index (χ1v) is 4.66. The summed E-state index contributed by atoms with van der Waals surface area (Å²) in [5.41, 5.74) is 0. The lowest BCUT2D eigenvalue weighted by molar-refractivity contribution is -0.185. The van der Waals surface area contributed by atoms with E-state index in [1.54, 1.807) is 0 Å². The van der Waals surface area contributed by atoms with Crippen molar-refractivity contribution in [3.8, 4) is 12.3 Å². The molecule has 0 bridgehead atoms. The molecule has 14 heavy (non-hydrogen) atoms. The summed E-state index contributed by atoms with van der Waals surface area (Å²) in [6.45, 7) is 0. The predicted molar refractivity (Wildman–Crippen MR) is 46.3 cm³/mol. The zero-order chi connectivity index (χ0) is 10.8. The minimum absolute atomic E-state index is 0.0902. The van der Waals surface area contributed by atoms with Crippen LogP contribution in [0, 0.1) is 24.2 Å². The van der Waals surface area contributed by atoms with Crippen LogP contribution < -0.4 is 0 Å². The molecule has 0 heterocycles. The third-order valence-corrected chi connectivity index (χ3v) is 2.85. The van der Waals surface area contributed by atoms with Gasteiger partial charge in [-0.3, -0.25) is 0 Å². The molecule has 80 valence electrons. The Morgan fingerprint density at radius 3 is 2.07 bits per heavy atom. The van der Waals surface area contributed by atoms with Crippen LogP contribution in [-0.2, 0) is 0 Å². The van der Waals surface area contributed by atoms with E-state index in [4.69, 9.17) is 6.42 Å². The van der Waals surface area contributed by atoms with Crippen molar-refractivity contribution < 1.29 is 18.3 Å². The fourth-order valence-electron chi connectivity index (χ4n) is 1.90. The van der Waals surface area contributed by atoms with Crippen LogP contribution in [0.25, 0.3) is 0 Å². The first-order chi connectivity index (χ1) is 6.45. The molecule has 1 aliphatic carbocycles. The SMILES string of the molecule is C#CC(O)C1CCC(C(F)(F)F)CC1. The van der Waals surface area contributed by atoms with Gasteiger partial charge in [-0.25, -0.2) is 0 Å². The Hall–Kier alpha value is -0.690. The van der Waals surface area contributed by atoms with Crippen molar-refractivity contribution in [1.29, 1.82) is 0 Å². The molecule has 1 N–H and O–H groups in total. The average molecular weight is 206 g/mol. The molecule has 1 atom stereocenters. The van der Waals surface area contributed by atoms with Gasteiger partial charge in [-0.15, -0.1) is 6.42 Å². The summed E-state index contributed by atoms with van der Waals surface area (Å²) in [4.78, 5) is 0. The summed E-state index contributed by atoms with van der Waals surface area (Å²) in [6.07, 6.45) is 0.946. The first kappa shape index (κ1) is 11.4. The minimum Gasteiger partial charge on any atom is -0.380 e. The molecular weight excluding hydrogens is 193 g/mol. The monoisotopic (exact) mass is 206 g/mol. The quantitative estimate of drug-likeness (QED) is 0.653. The van der Waals surface area contributed by atoms with Gasteiger partial charge in [0.05, 0.1) is 5.92 Å². The zero-order valence-corrected chi connectivity index (χ0v) is 7.72. The molecule has 1 nitrogen and oxygen atoms in total. The van der Waals surface area contributed by atoms with Crippen LogP contribution in [0.2, 0.25) is 0 Å². The Labute approximate surface area is 81.3 Å². The molecule has 0 saturated heterocycles. The van der Waals surface area contributed by atoms with Crippen molar-refractivity contribution in [2.75, 3.05) is 0 Å². The molecule has 0 aromatic carbocycles. The Morgan fingerprint density at radius 2 is 1.71 bits per heavy atom. The van der Waals surface area contributed by atoms with E-state index in [1.165, 1.54) is 0 Å². The topological polar surface area (TPSA) is 20.2 Å². The summed E-state index contributed by atoms with van der Waals surface area (Å²) in [6, 6.07) is 0. The number of terminal acetylenes is 1. The second kappa shape index (κ2) is 4.22. The van der Waals surface area contributed by atoms with E-state index in [0.717, 1.165) is 0 Å². The number of hydrogen-bond acceptors (Lipinski definition) is 1. The molecule has 4 heteroatoms. The predicted octanol–water partition coefficient (Wildman–Crippen LogP) is 2.35. The van der Waals surface area contributed by atoms with Crippen LogP contribution >= 0.6 is 0 Å². The zero-order valence-electron chi connectivity index (χ0n) is 7.72. The Bertz CT molecular complexity index is 221. The largest absolute Gasteiger partial charge is 0.391 e. The second-order valence-corrected chi connectivity index (χ2v) is 3.76. The molecule has 0 spiro atoms. The highest BCUT2D eigenvalue weighted by Gasteiger charge is 2.42. The lowest BCUT2D eigenvalue weighted by Gasteiger charge is -2.30. The molecule has 0 aromatic rings. The van der Waals surface area contributed by atoms with Crippen molar-refractivity contribution in [3.05, 3.63) is 0 Å². The van der Waals surface area contributed by atoms with Gasteiger partial charge in [0.1, 0.15) is 6.10 Å². The van der Waals surface area contributed by atoms with Crippen molar-refractivity contribution in [3.63, 3.8) is 0 Å². The Kier molecular flexibility index (Phi) is 3.43.